The number of anilines is 1. The van der Waals surface area contributed by atoms with Crippen LogP contribution in [0.15, 0.2) is 47.5 Å². The highest BCUT2D eigenvalue weighted by Crippen LogP contribution is 2.46. The summed E-state index contributed by atoms with van der Waals surface area (Å²) in [5.74, 6) is -0.860. The van der Waals surface area contributed by atoms with E-state index in [1.54, 1.807) is 12.1 Å². The second-order valence-electron chi connectivity index (χ2n) is 7.84. The van der Waals surface area contributed by atoms with Crippen LogP contribution in [0, 0.1) is 17.2 Å². The summed E-state index contributed by atoms with van der Waals surface area (Å²) in [5.41, 5.74) is 2.52. The van der Waals surface area contributed by atoms with Crippen LogP contribution in [-0.2, 0) is 4.79 Å². The Bertz CT molecular complexity index is 902. The number of Topliss-reactive ketones (excluding diaryl/α,β-unsaturated/α-hetero) is 1. The number of hydrogen-bond donors (Lipinski definition) is 1. The van der Waals surface area contributed by atoms with Crippen LogP contribution in [0.2, 0.25) is 5.02 Å². The molecule has 0 spiro atoms. The summed E-state index contributed by atoms with van der Waals surface area (Å²) < 4.78 is 14.7. The van der Waals surface area contributed by atoms with Gasteiger partial charge >= 0.3 is 0 Å². The third-order valence-electron chi connectivity index (χ3n) is 5.14. The molecule has 0 aromatic heterocycles. The molecule has 1 fully saturated rings. The zero-order valence-corrected chi connectivity index (χ0v) is 15.5. The molecule has 26 heavy (non-hydrogen) atoms. The quantitative estimate of drug-likeness (QED) is 0.697. The molecular weight excluding hydrogens is 351 g/mol. The van der Waals surface area contributed by atoms with Crippen LogP contribution in [0.4, 0.5) is 15.8 Å². The van der Waals surface area contributed by atoms with Crippen LogP contribution in [0.25, 0.3) is 0 Å². The standard InChI is InChI=1S/C21H20ClFN2O/c1-21(2)10-16-19(17(26)11-21)20(18-12(22)6-5-7-13(18)23)25-15-9-4-3-8-14(15)24-16/h3-9,19-20,25H,10-11H2,1-2H3/t19?,20-/m0/s1. The van der Waals surface area contributed by atoms with E-state index >= 15 is 0 Å². The lowest BCUT2D eigenvalue weighted by molar-refractivity contribution is -0.124. The molecule has 2 aromatic rings. The molecule has 1 N–H and O–H groups in total. The molecule has 0 amide bonds. The number of fused-ring (bicyclic) bond motifs is 2. The number of rotatable bonds is 1. The number of ketones is 1. The van der Waals surface area contributed by atoms with Crippen LogP contribution < -0.4 is 5.32 Å². The minimum absolute atomic E-state index is 0.0737. The molecule has 5 heteroatoms. The van der Waals surface area contributed by atoms with Crippen LogP contribution in [0.1, 0.15) is 38.3 Å². The second-order valence-corrected chi connectivity index (χ2v) is 8.25. The largest absolute Gasteiger partial charge is 0.375 e. The summed E-state index contributed by atoms with van der Waals surface area (Å²) in [6.45, 7) is 4.14. The third-order valence-corrected chi connectivity index (χ3v) is 5.47. The summed E-state index contributed by atoms with van der Waals surface area (Å²) in [4.78, 5) is 17.9. The van der Waals surface area contributed by atoms with Gasteiger partial charge in [-0.25, -0.2) is 4.39 Å². The number of hydrogen-bond acceptors (Lipinski definition) is 3. The number of nitrogens with one attached hydrogen (secondary N) is 1. The van der Waals surface area contributed by atoms with E-state index in [1.165, 1.54) is 6.07 Å². The average molecular weight is 371 g/mol. The van der Waals surface area contributed by atoms with Crippen LogP contribution in [0.3, 0.4) is 0 Å². The van der Waals surface area contributed by atoms with Crippen molar-refractivity contribution in [2.75, 3.05) is 5.32 Å². The first-order valence-corrected chi connectivity index (χ1v) is 9.13. The van der Waals surface area contributed by atoms with Crippen molar-refractivity contribution in [3.8, 4) is 0 Å². The summed E-state index contributed by atoms with van der Waals surface area (Å²) in [5, 5.41) is 3.67. The minimum Gasteiger partial charge on any atom is -0.375 e. The van der Waals surface area contributed by atoms with E-state index in [1.807, 2.05) is 24.3 Å². The number of carbonyl (C=O) groups is 1. The lowest BCUT2D eigenvalue weighted by Gasteiger charge is -2.37. The van der Waals surface area contributed by atoms with Crippen molar-refractivity contribution in [3.05, 3.63) is 58.9 Å². The highest BCUT2D eigenvalue weighted by molar-refractivity contribution is 6.31. The number of nitrogens with zero attached hydrogens (tertiary/aromatic N) is 1. The first-order valence-electron chi connectivity index (χ1n) is 8.75. The molecule has 3 nitrogen and oxygen atoms in total. The van der Waals surface area contributed by atoms with Crippen molar-refractivity contribution in [1.29, 1.82) is 0 Å². The lowest BCUT2D eigenvalue weighted by Crippen LogP contribution is -2.42. The molecule has 2 aliphatic rings. The highest BCUT2D eigenvalue weighted by Gasteiger charge is 2.45. The van der Waals surface area contributed by atoms with Gasteiger partial charge in [-0.2, -0.15) is 0 Å². The SMILES string of the molecule is CC1(C)CC(=O)C2C(=Nc3ccccc3N[C@H]2c2c(F)cccc2Cl)C1. The predicted molar refractivity (Wildman–Crippen MR) is 103 cm³/mol. The Balaban J connectivity index is 1.92. The molecule has 1 heterocycles. The lowest BCUT2D eigenvalue weighted by atomic mass is 9.68. The zero-order valence-electron chi connectivity index (χ0n) is 14.7. The fraction of sp³-hybridized carbons (Fsp3) is 0.333. The Kier molecular flexibility index (Phi) is 4.11. The summed E-state index contributed by atoms with van der Waals surface area (Å²) in [6, 6.07) is 11.7. The van der Waals surface area contributed by atoms with Crippen LogP contribution in [0.5, 0.6) is 0 Å². The minimum atomic E-state index is -0.574. The summed E-state index contributed by atoms with van der Waals surface area (Å²) in [7, 11) is 0. The van der Waals surface area contributed by atoms with Gasteiger partial charge in [0.05, 0.1) is 23.3 Å². The van der Waals surface area contributed by atoms with Crippen LogP contribution >= 0.6 is 11.6 Å². The van der Waals surface area contributed by atoms with Crippen LogP contribution in [-0.4, -0.2) is 11.5 Å². The fourth-order valence-electron chi connectivity index (χ4n) is 4.06. The molecule has 1 saturated carbocycles. The smallest absolute Gasteiger partial charge is 0.144 e. The van der Waals surface area contributed by atoms with Gasteiger partial charge in [-0.1, -0.05) is 43.6 Å². The van der Waals surface area contributed by atoms with E-state index in [-0.39, 0.29) is 11.2 Å². The number of carbonyl (C=O) groups excluding carboxylic acids is 1. The normalized spacial score (nSPS) is 24.0. The van der Waals surface area contributed by atoms with E-state index in [0.717, 1.165) is 17.1 Å². The monoisotopic (exact) mass is 370 g/mol. The predicted octanol–water partition coefficient (Wildman–Crippen LogP) is 5.72. The number of para-hydroxylation sites is 2. The Hall–Kier alpha value is -2.20. The third kappa shape index (κ3) is 2.92. The molecular formula is C21H20ClFN2O. The van der Waals surface area contributed by atoms with Gasteiger partial charge in [0.1, 0.15) is 11.6 Å². The Morgan fingerprint density at radius 3 is 2.69 bits per heavy atom. The number of benzene rings is 2. The molecule has 0 saturated heterocycles. The highest BCUT2D eigenvalue weighted by atomic mass is 35.5. The van der Waals surface area contributed by atoms with Gasteiger partial charge in [-0.05, 0) is 36.1 Å². The van der Waals surface area contributed by atoms with E-state index in [4.69, 9.17) is 16.6 Å². The Morgan fingerprint density at radius 1 is 1.15 bits per heavy atom. The molecule has 0 bridgehead atoms. The first kappa shape index (κ1) is 17.2. The van der Waals surface area contributed by atoms with Gasteiger partial charge in [-0.15, -0.1) is 0 Å². The number of halogens is 2. The van der Waals surface area contributed by atoms with E-state index in [2.05, 4.69) is 19.2 Å². The maximum Gasteiger partial charge on any atom is 0.144 e. The molecule has 1 unspecified atom stereocenters. The van der Waals surface area contributed by atoms with Gasteiger partial charge in [0.15, 0.2) is 0 Å². The second kappa shape index (κ2) is 6.20. The van der Waals surface area contributed by atoms with Gasteiger partial charge in [0.25, 0.3) is 0 Å². The van der Waals surface area contributed by atoms with Gasteiger partial charge in [0.2, 0.25) is 0 Å². The molecule has 0 radical (unpaired) electrons. The number of aliphatic imine (C=N–C) groups is 1. The van der Waals surface area contributed by atoms with Crippen molar-refractivity contribution in [1.82, 2.24) is 0 Å². The summed E-state index contributed by atoms with van der Waals surface area (Å²) in [6.07, 6.45) is 1.14. The zero-order chi connectivity index (χ0) is 18.5. The van der Waals surface area contributed by atoms with Gasteiger partial charge in [-0.3, -0.25) is 9.79 Å². The van der Waals surface area contributed by atoms with Gasteiger partial charge in [0, 0.05) is 22.7 Å². The maximum atomic E-state index is 14.7. The van der Waals surface area contributed by atoms with Crippen molar-refractivity contribution in [2.24, 2.45) is 16.3 Å². The average Bonchev–Trinajstić information content (AvgIpc) is 2.70. The van der Waals surface area contributed by atoms with Gasteiger partial charge < -0.3 is 5.32 Å². The van der Waals surface area contributed by atoms with Crippen molar-refractivity contribution < 1.29 is 9.18 Å². The first-order chi connectivity index (χ1) is 12.4. The summed E-state index contributed by atoms with van der Waals surface area (Å²) >= 11 is 6.35. The maximum absolute atomic E-state index is 14.7. The van der Waals surface area contributed by atoms with E-state index in [0.29, 0.717) is 23.4 Å². The Labute approximate surface area is 157 Å². The van der Waals surface area contributed by atoms with Crippen molar-refractivity contribution >= 4 is 34.5 Å². The molecule has 2 atom stereocenters. The molecule has 1 aliphatic heterocycles. The van der Waals surface area contributed by atoms with Crippen molar-refractivity contribution in [2.45, 2.75) is 32.7 Å². The topological polar surface area (TPSA) is 41.5 Å². The Morgan fingerprint density at radius 2 is 1.92 bits per heavy atom. The van der Waals surface area contributed by atoms with Crippen molar-refractivity contribution in [3.63, 3.8) is 0 Å². The van der Waals surface area contributed by atoms with E-state index < -0.39 is 17.8 Å². The fourth-order valence-corrected chi connectivity index (χ4v) is 4.34. The molecule has 4 rings (SSSR count). The van der Waals surface area contributed by atoms with E-state index in [9.17, 15) is 9.18 Å². The molecule has 134 valence electrons. The molecule has 1 aliphatic carbocycles. The molecule has 2 aromatic carbocycles.